The largest absolute Gasteiger partial charge is 0.459 e. The highest BCUT2D eigenvalue weighted by Crippen LogP contribution is 2.62. The number of nitrogens with zero attached hydrogens (tertiary/aromatic N) is 2. The molecule has 10 nitrogen and oxygen atoms in total. The third kappa shape index (κ3) is 12.6. The number of oxime groups is 1. The lowest BCUT2D eigenvalue weighted by Gasteiger charge is -2.59. The van der Waals surface area contributed by atoms with E-state index in [-0.39, 0.29) is 43.5 Å². The minimum atomic E-state index is -1.30. The van der Waals surface area contributed by atoms with E-state index in [4.69, 9.17) is 24.2 Å². The Morgan fingerprint density at radius 3 is 2.30 bits per heavy atom. The summed E-state index contributed by atoms with van der Waals surface area (Å²) in [6, 6.07) is 12.4. The zero-order valence-electron chi connectivity index (χ0n) is 37.7. The molecule has 1 fully saturated rings. The minimum absolute atomic E-state index is 0.0440. The van der Waals surface area contributed by atoms with Crippen LogP contribution in [0.25, 0.3) is 0 Å². The van der Waals surface area contributed by atoms with Crippen molar-refractivity contribution in [1.82, 2.24) is 4.90 Å². The van der Waals surface area contributed by atoms with E-state index in [0.717, 1.165) is 68.1 Å². The molecule has 10 heteroatoms. The average Bonchev–Trinajstić information content (AvgIpc) is 3.25. The second-order valence-corrected chi connectivity index (χ2v) is 18.4. The molecule has 2 aliphatic carbocycles. The van der Waals surface area contributed by atoms with Crippen LogP contribution in [0.3, 0.4) is 0 Å². The van der Waals surface area contributed by atoms with Gasteiger partial charge in [0.05, 0.1) is 18.2 Å². The molecule has 0 unspecified atom stereocenters. The van der Waals surface area contributed by atoms with Gasteiger partial charge in [0.15, 0.2) is 0 Å². The lowest BCUT2D eigenvalue weighted by Crippen LogP contribution is -2.69. The Hall–Kier alpha value is -3.99. The Morgan fingerprint density at radius 2 is 1.62 bits per heavy atom. The molecule has 0 spiro atoms. The summed E-state index contributed by atoms with van der Waals surface area (Å²) in [7, 11) is 1.88. The summed E-state index contributed by atoms with van der Waals surface area (Å²) in [5.74, 6) is 0.208. The zero-order valence-corrected chi connectivity index (χ0v) is 37.7. The predicted molar refractivity (Wildman–Crippen MR) is 242 cm³/mol. The maximum Gasteiger partial charge on any atom is 0.239 e. The molecule has 3 aliphatic rings. The standard InChI is InChI=1S/C51H74N2O8/c1-7-9-10-11-12-13-14-15-16-26-47(57)53(6)46-35-44(52-61-50(3,4)5)42-33-38(23-17-19-29-54)41(25-18-20-30-55)48-43-34-40(59-39-24-21-22-37(32-39)36-56)27-28-45(43)60-51(46,49(42)48)58-31-8-2/h8,21-22,24,27-28,32-34,36,38,41,46,48-49,54-55H,2,7,9-20,23,25-26,29-31,35H2,1,3-6H3/t38-,41+,46-,48+,49+,51+/m0/s1. The van der Waals surface area contributed by atoms with Gasteiger partial charge in [0.25, 0.3) is 0 Å². The van der Waals surface area contributed by atoms with Crippen molar-refractivity contribution >= 4 is 17.9 Å². The van der Waals surface area contributed by atoms with E-state index in [1.807, 2.05) is 50.9 Å². The molecule has 0 aromatic heterocycles. The van der Waals surface area contributed by atoms with Crippen LogP contribution in [-0.4, -0.2) is 77.3 Å². The molecule has 1 heterocycles. The van der Waals surface area contributed by atoms with Gasteiger partial charge in [0.2, 0.25) is 11.7 Å². The number of likely N-dealkylation sites (N-methyl/N-ethyl adjacent to an activating group) is 1. The average molecular weight is 843 g/mol. The number of amides is 1. The van der Waals surface area contributed by atoms with Gasteiger partial charge < -0.3 is 34.2 Å². The van der Waals surface area contributed by atoms with Gasteiger partial charge in [-0.15, -0.1) is 6.58 Å². The Bertz CT molecular complexity index is 1780. The number of allylic oxidation sites excluding steroid dienone is 1. The number of rotatable bonds is 26. The van der Waals surface area contributed by atoms with Crippen molar-refractivity contribution in [3.05, 3.63) is 77.9 Å². The van der Waals surface area contributed by atoms with Gasteiger partial charge in [0.1, 0.15) is 35.2 Å². The maximum atomic E-state index is 14.4. The molecule has 2 aromatic carbocycles. The number of hydrogen-bond acceptors (Lipinski definition) is 9. The van der Waals surface area contributed by atoms with Gasteiger partial charge >= 0.3 is 0 Å². The highest BCUT2D eigenvalue weighted by Gasteiger charge is 2.65. The van der Waals surface area contributed by atoms with E-state index in [9.17, 15) is 19.8 Å². The first-order valence-corrected chi connectivity index (χ1v) is 23.3. The maximum absolute atomic E-state index is 14.4. The molecule has 1 aliphatic heterocycles. The van der Waals surface area contributed by atoms with E-state index in [1.54, 1.807) is 24.3 Å². The van der Waals surface area contributed by atoms with Gasteiger partial charge in [-0.25, -0.2) is 0 Å². The van der Waals surface area contributed by atoms with Crippen molar-refractivity contribution in [2.45, 2.75) is 160 Å². The summed E-state index contributed by atoms with van der Waals surface area (Å²) in [5, 5.41) is 24.7. The van der Waals surface area contributed by atoms with Gasteiger partial charge in [0, 0.05) is 50.1 Å². The van der Waals surface area contributed by atoms with Crippen LogP contribution in [0.2, 0.25) is 0 Å². The van der Waals surface area contributed by atoms with Crippen LogP contribution in [-0.2, 0) is 14.4 Å². The van der Waals surface area contributed by atoms with Gasteiger partial charge in [-0.2, -0.15) is 0 Å². The summed E-state index contributed by atoms with van der Waals surface area (Å²) in [6.45, 7) is 12.7. The first-order valence-electron chi connectivity index (χ1n) is 23.3. The molecular formula is C51H74N2O8. The van der Waals surface area contributed by atoms with Crippen LogP contribution < -0.4 is 9.47 Å². The van der Waals surface area contributed by atoms with Crippen LogP contribution in [0.1, 0.15) is 159 Å². The molecule has 6 atom stereocenters. The van der Waals surface area contributed by atoms with Crippen LogP contribution >= 0.6 is 0 Å². The topological polar surface area (TPSA) is 127 Å². The van der Waals surface area contributed by atoms with Gasteiger partial charge in [-0.05, 0) is 101 Å². The second kappa shape index (κ2) is 23.5. The number of hydrogen-bond donors (Lipinski definition) is 2. The lowest BCUT2D eigenvalue weighted by molar-refractivity contribution is -0.255. The van der Waals surface area contributed by atoms with Gasteiger partial charge in [-0.3, -0.25) is 9.59 Å². The number of unbranched alkanes of at least 4 members (excludes halogenated alkanes) is 10. The van der Waals surface area contributed by atoms with Crippen molar-refractivity contribution in [2.75, 3.05) is 26.9 Å². The number of carbonyl (C=O) groups is 2. The molecule has 61 heavy (non-hydrogen) atoms. The summed E-state index contributed by atoms with van der Waals surface area (Å²) in [6.07, 6.45) is 21.0. The summed E-state index contributed by atoms with van der Waals surface area (Å²) in [5.41, 5.74) is 2.71. The van der Waals surface area contributed by atoms with Gasteiger partial charge in [-0.1, -0.05) is 101 Å². The number of aldehydes is 1. The molecule has 1 amide bonds. The Morgan fingerprint density at radius 1 is 0.934 bits per heavy atom. The number of ether oxygens (including phenoxy) is 3. The number of carbonyl (C=O) groups excluding carboxylic acids is 2. The fraction of sp³-hybridized carbons (Fsp3) is 0.627. The molecular weight excluding hydrogens is 769 g/mol. The molecule has 1 saturated carbocycles. The van der Waals surface area contributed by atoms with Crippen molar-refractivity contribution in [1.29, 1.82) is 0 Å². The third-order valence-electron chi connectivity index (χ3n) is 12.7. The summed E-state index contributed by atoms with van der Waals surface area (Å²) >= 11 is 0. The fourth-order valence-corrected chi connectivity index (χ4v) is 9.71. The first kappa shape index (κ1) is 48.0. The highest BCUT2D eigenvalue weighted by molar-refractivity contribution is 6.03. The number of benzene rings is 2. The molecule has 0 bridgehead atoms. The zero-order chi connectivity index (χ0) is 43.8. The van der Waals surface area contributed by atoms with Crippen LogP contribution in [0, 0.1) is 17.8 Å². The highest BCUT2D eigenvalue weighted by atomic mass is 16.7. The van der Waals surface area contributed by atoms with Crippen molar-refractivity contribution in [2.24, 2.45) is 22.9 Å². The fourth-order valence-electron chi connectivity index (χ4n) is 9.71. The van der Waals surface area contributed by atoms with Crippen molar-refractivity contribution in [3.63, 3.8) is 0 Å². The van der Waals surface area contributed by atoms with E-state index < -0.39 is 23.3 Å². The minimum Gasteiger partial charge on any atom is -0.459 e. The lowest BCUT2D eigenvalue weighted by atomic mass is 9.55. The Kier molecular flexibility index (Phi) is 18.5. The third-order valence-corrected chi connectivity index (χ3v) is 12.7. The van der Waals surface area contributed by atoms with Crippen LogP contribution in [0.15, 0.2) is 71.9 Å². The van der Waals surface area contributed by atoms with E-state index in [1.165, 1.54) is 38.5 Å². The molecule has 0 radical (unpaired) electrons. The Balaban J connectivity index is 1.62. The molecule has 2 N–H and O–H groups in total. The monoisotopic (exact) mass is 843 g/mol. The van der Waals surface area contributed by atoms with E-state index in [0.29, 0.717) is 48.5 Å². The number of aliphatic hydroxyl groups is 2. The quantitative estimate of drug-likeness (QED) is 0.0415. The Labute approximate surface area is 365 Å². The molecule has 336 valence electrons. The molecule has 0 saturated heterocycles. The van der Waals surface area contributed by atoms with Crippen LogP contribution in [0.4, 0.5) is 0 Å². The van der Waals surface area contributed by atoms with Crippen molar-refractivity contribution in [3.8, 4) is 17.2 Å². The normalized spacial score (nSPS) is 23.6. The molecule has 2 aromatic rings. The number of fused-ring (bicyclic) bond motifs is 2. The summed E-state index contributed by atoms with van der Waals surface area (Å²) < 4.78 is 20.8. The first-order chi connectivity index (χ1) is 29.5. The van der Waals surface area contributed by atoms with Crippen molar-refractivity contribution < 1.29 is 38.9 Å². The van der Waals surface area contributed by atoms with E-state index in [2.05, 4.69) is 25.6 Å². The summed E-state index contributed by atoms with van der Waals surface area (Å²) in [4.78, 5) is 34.1. The second-order valence-electron chi connectivity index (χ2n) is 18.4. The van der Waals surface area contributed by atoms with Crippen LogP contribution in [0.5, 0.6) is 17.2 Å². The molecule has 5 rings (SSSR count). The smallest absolute Gasteiger partial charge is 0.239 e. The van der Waals surface area contributed by atoms with E-state index >= 15 is 0 Å². The number of aliphatic hydroxyl groups excluding tert-OH is 2. The predicted octanol–water partition coefficient (Wildman–Crippen LogP) is 11.1. The SMILES string of the molecule is C=CCO[C@@]12Oc3ccc(Oc4cccc(C=O)c4)cc3[C@H]3[C@H](CCCCO)[C@@H](CCCCO)C=C(C(=NOC(C)(C)C)C[C@@H]1N(C)C(=O)CCCCCCCCCCC)[C@H]32.